The molecule has 3 nitrogen and oxygen atoms in total. The van der Waals surface area contributed by atoms with Crippen molar-refractivity contribution in [2.24, 2.45) is 11.7 Å². The van der Waals surface area contributed by atoms with Crippen LogP contribution in [0, 0.1) is 17.2 Å². The Morgan fingerprint density at radius 2 is 2.11 bits per heavy atom. The molecule has 1 aromatic carbocycles. The molecular weight excluding hydrogens is 255 g/mol. The normalized spacial score (nSPS) is 16.8. The number of benzene rings is 1. The molecule has 0 heterocycles. The third kappa shape index (κ3) is 3.18. The fraction of sp³-hybridized carbons (Fsp3) is 0.462. The summed E-state index contributed by atoms with van der Waals surface area (Å²) in [7, 11) is 0. The van der Waals surface area contributed by atoms with Gasteiger partial charge in [0.05, 0.1) is 17.2 Å². The van der Waals surface area contributed by atoms with Crippen LogP contribution in [0.1, 0.15) is 24.0 Å². The van der Waals surface area contributed by atoms with E-state index in [0.717, 1.165) is 18.9 Å². The molecule has 0 radical (unpaired) electrons. The summed E-state index contributed by atoms with van der Waals surface area (Å²) in [6.45, 7) is 0.381. The molecule has 0 spiro atoms. The van der Waals surface area contributed by atoms with Gasteiger partial charge in [0.15, 0.2) is 0 Å². The Balaban J connectivity index is 2.25. The monoisotopic (exact) mass is 269 g/mol. The molecule has 0 aromatic heterocycles. The van der Waals surface area contributed by atoms with Gasteiger partial charge in [0.25, 0.3) is 0 Å². The minimum absolute atomic E-state index is 0.00554. The average Bonchev–Trinajstić information content (AvgIpc) is 3.19. The highest BCUT2D eigenvalue weighted by Gasteiger charge is 2.35. The molecule has 1 aliphatic rings. The molecule has 1 aromatic rings. The maximum absolute atomic E-state index is 12.8. The minimum Gasteiger partial charge on any atom is -0.381 e. The van der Waals surface area contributed by atoms with Gasteiger partial charge in [-0.15, -0.1) is 0 Å². The summed E-state index contributed by atoms with van der Waals surface area (Å²) >= 11 is 0. The zero-order valence-corrected chi connectivity index (χ0v) is 10.2. The lowest BCUT2D eigenvalue weighted by Gasteiger charge is -2.19. The lowest BCUT2D eigenvalue weighted by atomic mass is 10.1. The van der Waals surface area contributed by atoms with E-state index in [-0.39, 0.29) is 11.6 Å². The van der Waals surface area contributed by atoms with Crippen molar-refractivity contribution in [3.8, 4) is 6.07 Å². The van der Waals surface area contributed by atoms with Gasteiger partial charge in [-0.05, 0) is 37.0 Å². The predicted octanol–water partition coefficient (Wildman–Crippen LogP) is 2.73. The highest BCUT2D eigenvalue weighted by atomic mass is 19.4. The summed E-state index contributed by atoms with van der Waals surface area (Å²) in [5, 5.41) is 11.7. The van der Waals surface area contributed by atoms with Gasteiger partial charge in [0, 0.05) is 18.3 Å². The van der Waals surface area contributed by atoms with Crippen LogP contribution in [-0.4, -0.2) is 12.6 Å². The van der Waals surface area contributed by atoms with Crippen molar-refractivity contribution in [3.63, 3.8) is 0 Å². The van der Waals surface area contributed by atoms with Crippen LogP contribution >= 0.6 is 0 Å². The lowest BCUT2D eigenvalue weighted by Crippen LogP contribution is -2.30. The molecule has 102 valence electrons. The molecule has 1 aliphatic carbocycles. The molecule has 1 unspecified atom stereocenters. The first-order valence-electron chi connectivity index (χ1n) is 6.03. The van der Waals surface area contributed by atoms with Crippen LogP contribution in [0.4, 0.5) is 18.9 Å². The summed E-state index contributed by atoms with van der Waals surface area (Å²) in [4.78, 5) is 0. The Morgan fingerprint density at radius 1 is 1.42 bits per heavy atom. The number of anilines is 1. The van der Waals surface area contributed by atoms with E-state index in [1.54, 1.807) is 6.07 Å². The van der Waals surface area contributed by atoms with E-state index in [1.165, 1.54) is 12.1 Å². The molecule has 0 bridgehead atoms. The molecule has 0 amide bonds. The number of hydrogen-bond donors (Lipinski definition) is 2. The zero-order valence-electron chi connectivity index (χ0n) is 10.2. The van der Waals surface area contributed by atoms with Gasteiger partial charge in [0.1, 0.15) is 0 Å². The zero-order chi connectivity index (χ0) is 14.0. The predicted molar refractivity (Wildman–Crippen MR) is 65.3 cm³/mol. The Kier molecular flexibility index (Phi) is 3.67. The van der Waals surface area contributed by atoms with Crippen molar-refractivity contribution < 1.29 is 13.2 Å². The van der Waals surface area contributed by atoms with Crippen molar-refractivity contribution in [1.29, 1.82) is 5.26 Å². The van der Waals surface area contributed by atoms with Gasteiger partial charge in [0.2, 0.25) is 0 Å². The quantitative estimate of drug-likeness (QED) is 0.883. The molecule has 19 heavy (non-hydrogen) atoms. The molecule has 1 atom stereocenters. The summed E-state index contributed by atoms with van der Waals surface area (Å²) in [6.07, 6.45) is -2.42. The summed E-state index contributed by atoms with van der Waals surface area (Å²) < 4.78 is 38.4. The largest absolute Gasteiger partial charge is 0.417 e. The van der Waals surface area contributed by atoms with Crippen molar-refractivity contribution >= 4 is 5.69 Å². The van der Waals surface area contributed by atoms with Gasteiger partial charge in [-0.1, -0.05) is 0 Å². The third-order valence-corrected chi connectivity index (χ3v) is 3.24. The van der Waals surface area contributed by atoms with Crippen molar-refractivity contribution in [2.75, 3.05) is 11.9 Å². The van der Waals surface area contributed by atoms with Gasteiger partial charge in [-0.25, -0.2) is 0 Å². The van der Waals surface area contributed by atoms with Crippen molar-refractivity contribution in [3.05, 3.63) is 29.3 Å². The minimum atomic E-state index is -4.53. The van der Waals surface area contributed by atoms with Crippen LogP contribution in [-0.2, 0) is 6.18 Å². The molecule has 0 aliphatic heterocycles. The highest BCUT2D eigenvalue weighted by Crippen LogP contribution is 2.36. The first-order chi connectivity index (χ1) is 8.95. The molecule has 2 rings (SSSR count). The number of nitrogens with zero attached hydrogens (tertiary/aromatic N) is 1. The van der Waals surface area contributed by atoms with Gasteiger partial charge in [-0.2, -0.15) is 18.4 Å². The van der Waals surface area contributed by atoms with E-state index in [9.17, 15) is 13.2 Å². The Morgan fingerprint density at radius 3 is 2.58 bits per heavy atom. The van der Waals surface area contributed by atoms with E-state index >= 15 is 0 Å². The first kappa shape index (κ1) is 13.7. The highest BCUT2D eigenvalue weighted by molar-refractivity contribution is 5.53. The van der Waals surface area contributed by atoms with Crippen LogP contribution in [0.3, 0.4) is 0 Å². The molecule has 3 N–H and O–H groups in total. The smallest absolute Gasteiger partial charge is 0.381 e. The number of alkyl halides is 3. The fourth-order valence-corrected chi connectivity index (χ4v) is 2.05. The summed E-state index contributed by atoms with van der Waals surface area (Å²) in [6, 6.07) is 5.20. The number of nitrogens with one attached hydrogen (secondary N) is 1. The lowest BCUT2D eigenvalue weighted by molar-refractivity contribution is -0.137. The van der Waals surface area contributed by atoms with Crippen LogP contribution in [0.5, 0.6) is 0 Å². The number of halogens is 3. The Labute approximate surface area is 109 Å². The summed E-state index contributed by atoms with van der Waals surface area (Å²) in [5.74, 6) is 0.440. The van der Waals surface area contributed by atoms with Crippen molar-refractivity contribution in [2.45, 2.75) is 25.1 Å². The second-order valence-electron chi connectivity index (χ2n) is 4.69. The molecule has 1 fully saturated rings. The Bertz CT molecular complexity index is 501. The third-order valence-electron chi connectivity index (χ3n) is 3.24. The SMILES string of the molecule is N#Cc1ccc(NC(CN)C2CC2)cc1C(F)(F)F. The van der Waals surface area contributed by atoms with Gasteiger partial charge < -0.3 is 11.1 Å². The van der Waals surface area contributed by atoms with Crippen LogP contribution in [0.25, 0.3) is 0 Å². The van der Waals surface area contributed by atoms with E-state index < -0.39 is 11.7 Å². The molecule has 0 saturated heterocycles. The molecule has 6 heteroatoms. The van der Waals surface area contributed by atoms with E-state index in [1.807, 2.05) is 0 Å². The molecule has 1 saturated carbocycles. The Hall–Kier alpha value is -1.74. The van der Waals surface area contributed by atoms with E-state index in [4.69, 9.17) is 11.0 Å². The second kappa shape index (κ2) is 5.10. The first-order valence-corrected chi connectivity index (χ1v) is 6.03. The van der Waals surface area contributed by atoms with Gasteiger partial charge >= 0.3 is 6.18 Å². The topological polar surface area (TPSA) is 61.8 Å². The number of rotatable bonds is 4. The van der Waals surface area contributed by atoms with E-state index in [2.05, 4.69) is 5.32 Å². The average molecular weight is 269 g/mol. The fourth-order valence-electron chi connectivity index (χ4n) is 2.05. The second-order valence-corrected chi connectivity index (χ2v) is 4.69. The van der Waals surface area contributed by atoms with Gasteiger partial charge in [-0.3, -0.25) is 0 Å². The standard InChI is InChI=1S/C13H14F3N3/c14-13(15,16)11-5-10(4-3-9(11)6-17)19-12(7-18)8-1-2-8/h3-5,8,12,19H,1-2,7,18H2. The number of nitriles is 1. The molecular formula is C13H14F3N3. The number of nitrogens with two attached hydrogens (primary N) is 1. The summed E-state index contributed by atoms with van der Waals surface area (Å²) in [5.41, 5.74) is 4.68. The van der Waals surface area contributed by atoms with Crippen molar-refractivity contribution in [1.82, 2.24) is 0 Å². The maximum atomic E-state index is 12.8. The van der Waals surface area contributed by atoms with Crippen LogP contribution in [0.15, 0.2) is 18.2 Å². The van der Waals surface area contributed by atoms with Crippen LogP contribution in [0.2, 0.25) is 0 Å². The van der Waals surface area contributed by atoms with E-state index in [0.29, 0.717) is 18.2 Å². The number of hydrogen-bond acceptors (Lipinski definition) is 3. The van der Waals surface area contributed by atoms with Crippen LogP contribution < -0.4 is 11.1 Å². The maximum Gasteiger partial charge on any atom is 0.417 e.